The van der Waals surface area contributed by atoms with Crippen LogP contribution >= 0.6 is 0 Å². The summed E-state index contributed by atoms with van der Waals surface area (Å²) in [5.74, 6) is -0.446. The number of rotatable bonds is 7. The Kier molecular flexibility index (Phi) is 6.55. The molecule has 1 aliphatic heterocycles. The van der Waals surface area contributed by atoms with E-state index in [2.05, 4.69) is 10.3 Å². The minimum atomic E-state index is -1.04. The number of aliphatic hydroxyl groups is 2. The summed E-state index contributed by atoms with van der Waals surface area (Å²) in [6.45, 7) is 4.74. The van der Waals surface area contributed by atoms with Crippen molar-refractivity contribution in [2.24, 2.45) is 5.92 Å². The standard InChI is InChI=1S/C17H27N3O5/c1-3-12(2)14(21)8-15(22)18-10-17(24)4-6-20(7-5-17)16(23)13-9-25-11-19-13/h9,11-12,14,21,24H,3-8,10H2,1-2H3,(H,18,22). The van der Waals surface area contributed by atoms with Crippen LogP contribution in [0.3, 0.4) is 0 Å². The number of piperidine rings is 1. The van der Waals surface area contributed by atoms with E-state index >= 15 is 0 Å². The zero-order chi connectivity index (χ0) is 18.4. The number of aliphatic hydroxyl groups excluding tert-OH is 1. The van der Waals surface area contributed by atoms with Crippen LogP contribution in [-0.4, -0.2) is 63.3 Å². The lowest BCUT2D eigenvalue weighted by atomic mass is 9.91. The first-order valence-electron chi connectivity index (χ1n) is 8.69. The summed E-state index contributed by atoms with van der Waals surface area (Å²) in [6.07, 6.45) is 3.38. The molecule has 0 radical (unpaired) electrons. The topological polar surface area (TPSA) is 116 Å². The van der Waals surface area contributed by atoms with E-state index in [1.165, 1.54) is 12.7 Å². The maximum atomic E-state index is 12.2. The largest absolute Gasteiger partial charge is 0.451 e. The van der Waals surface area contributed by atoms with E-state index in [1.807, 2.05) is 13.8 Å². The second-order valence-corrected chi connectivity index (χ2v) is 6.82. The molecular weight excluding hydrogens is 326 g/mol. The van der Waals surface area contributed by atoms with Crippen molar-refractivity contribution in [3.8, 4) is 0 Å². The van der Waals surface area contributed by atoms with E-state index < -0.39 is 11.7 Å². The van der Waals surface area contributed by atoms with E-state index in [0.29, 0.717) is 25.9 Å². The molecule has 8 nitrogen and oxygen atoms in total. The van der Waals surface area contributed by atoms with Gasteiger partial charge in [0.05, 0.1) is 18.1 Å². The van der Waals surface area contributed by atoms with Gasteiger partial charge in [0.1, 0.15) is 6.26 Å². The molecule has 1 fully saturated rings. The summed E-state index contributed by atoms with van der Waals surface area (Å²) in [5, 5.41) is 23.2. The Hall–Kier alpha value is -1.93. The summed E-state index contributed by atoms with van der Waals surface area (Å²) in [7, 11) is 0. The SMILES string of the molecule is CCC(C)C(O)CC(=O)NCC1(O)CCN(C(=O)c2cocn2)CC1. The molecule has 140 valence electrons. The Morgan fingerprint density at radius 2 is 2.12 bits per heavy atom. The number of oxazole rings is 1. The summed E-state index contributed by atoms with van der Waals surface area (Å²) in [6, 6.07) is 0. The van der Waals surface area contributed by atoms with Crippen LogP contribution in [0, 0.1) is 5.92 Å². The molecule has 8 heteroatoms. The molecule has 1 aliphatic rings. The number of hydrogen-bond acceptors (Lipinski definition) is 6. The Morgan fingerprint density at radius 1 is 1.44 bits per heavy atom. The van der Waals surface area contributed by atoms with E-state index in [9.17, 15) is 19.8 Å². The van der Waals surface area contributed by atoms with Crippen molar-refractivity contribution in [3.63, 3.8) is 0 Å². The Bertz CT molecular complexity index is 567. The van der Waals surface area contributed by atoms with Crippen molar-refractivity contribution >= 4 is 11.8 Å². The van der Waals surface area contributed by atoms with Gasteiger partial charge in [0.2, 0.25) is 5.91 Å². The van der Waals surface area contributed by atoms with E-state index in [1.54, 1.807) is 4.90 Å². The molecule has 3 N–H and O–H groups in total. The normalized spacial score (nSPS) is 19.3. The maximum Gasteiger partial charge on any atom is 0.275 e. The number of amides is 2. The summed E-state index contributed by atoms with van der Waals surface area (Å²) in [4.78, 5) is 29.5. The minimum Gasteiger partial charge on any atom is -0.451 e. The van der Waals surface area contributed by atoms with Gasteiger partial charge in [-0.15, -0.1) is 0 Å². The number of aromatic nitrogens is 1. The number of hydrogen-bond donors (Lipinski definition) is 3. The van der Waals surface area contributed by atoms with Gasteiger partial charge < -0.3 is 24.8 Å². The van der Waals surface area contributed by atoms with Crippen LogP contribution in [0.15, 0.2) is 17.1 Å². The molecule has 1 aromatic rings. The van der Waals surface area contributed by atoms with E-state index in [4.69, 9.17) is 4.42 Å². The number of nitrogens with one attached hydrogen (secondary N) is 1. The van der Waals surface area contributed by atoms with Crippen molar-refractivity contribution < 1.29 is 24.2 Å². The molecule has 0 saturated carbocycles. The summed E-state index contributed by atoms with van der Waals surface area (Å²) >= 11 is 0. The molecule has 1 saturated heterocycles. The lowest BCUT2D eigenvalue weighted by Gasteiger charge is -2.38. The maximum absolute atomic E-state index is 12.2. The molecule has 0 bridgehead atoms. The van der Waals surface area contributed by atoms with Crippen LogP contribution < -0.4 is 5.32 Å². The summed E-state index contributed by atoms with van der Waals surface area (Å²) < 4.78 is 4.81. The third-order valence-electron chi connectivity index (χ3n) is 4.94. The molecule has 1 aromatic heterocycles. The highest BCUT2D eigenvalue weighted by atomic mass is 16.3. The fraction of sp³-hybridized carbons (Fsp3) is 0.706. The van der Waals surface area contributed by atoms with E-state index in [-0.39, 0.29) is 36.4 Å². The smallest absolute Gasteiger partial charge is 0.275 e. The predicted molar refractivity (Wildman–Crippen MR) is 89.7 cm³/mol. The van der Waals surface area contributed by atoms with Gasteiger partial charge in [0.25, 0.3) is 5.91 Å². The van der Waals surface area contributed by atoms with Crippen LogP contribution in [0.1, 0.15) is 50.0 Å². The zero-order valence-corrected chi connectivity index (χ0v) is 14.8. The second-order valence-electron chi connectivity index (χ2n) is 6.82. The van der Waals surface area contributed by atoms with Crippen molar-refractivity contribution in [2.45, 2.75) is 51.2 Å². The van der Waals surface area contributed by atoms with Crippen molar-refractivity contribution in [1.82, 2.24) is 15.2 Å². The molecule has 25 heavy (non-hydrogen) atoms. The molecule has 2 rings (SSSR count). The first-order chi connectivity index (χ1) is 11.8. The second kappa shape index (κ2) is 8.44. The van der Waals surface area contributed by atoms with E-state index in [0.717, 1.165) is 6.42 Å². The fourth-order valence-corrected chi connectivity index (χ4v) is 2.78. The van der Waals surface area contributed by atoms with Gasteiger partial charge >= 0.3 is 0 Å². The van der Waals surface area contributed by atoms with Gasteiger partial charge in [-0.25, -0.2) is 4.98 Å². The van der Waals surface area contributed by atoms with Crippen LogP contribution in [-0.2, 0) is 4.79 Å². The number of carbonyl (C=O) groups excluding carboxylic acids is 2. The third kappa shape index (κ3) is 5.27. The molecule has 2 heterocycles. The lowest BCUT2D eigenvalue weighted by Crippen LogP contribution is -2.52. The molecule has 0 aliphatic carbocycles. The fourth-order valence-electron chi connectivity index (χ4n) is 2.78. The highest BCUT2D eigenvalue weighted by molar-refractivity contribution is 5.91. The van der Waals surface area contributed by atoms with Gasteiger partial charge in [-0.05, 0) is 18.8 Å². The highest BCUT2D eigenvalue weighted by Gasteiger charge is 2.35. The van der Waals surface area contributed by atoms with Gasteiger partial charge in [-0.1, -0.05) is 20.3 Å². The zero-order valence-electron chi connectivity index (χ0n) is 14.8. The van der Waals surface area contributed by atoms with Crippen LogP contribution in [0.4, 0.5) is 0 Å². The molecule has 0 aromatic carbocycles. The summed E-state index contributed by atoms with van der Waals surface area (Å²) in [5.41, 5.74) is -0.796. The molecular formula is C17H27N3O5. The number of carbonyl (C=O) groups is 2. The van der Waals surface area contributed by atoms with Gasteiger partial charge in [-0.2, -0.15) is 0 Å². The molecule has 2 unspecified atom stereocenters. The molecule has 2 atom stereocenters. The number of likely N-dealkylation sites (tertiary alicyclic amines) is 1. The molecule has 0 spiro atoms. The Balaban J connectivity index is 1.76. The van der Waals surface area contributed by atoms with Crippen LogP contribution in [0.2, 0.25) is 0 Å². The van der Waals surface area contributed by atoms with Gasteiger partial charge in [0, 0.05) is 19.6 Å². The average Bonchev–Trinajstić information content (AvgIpc) is 3.14. The molecule has 2 amide bonds. The average molecular weight is 353 g/mol. The third-order valence-corrected chi connectivity index (χ3v) is 4.94. The predicted octanol–water partition coefficient (Wildman–Crippen LogP) is 0.555. The first-order valence-corrected chi connectivity index (χ1v) is 8.69. The minimum absolute atomic E-state index is 0.0296. The van der Waals surface area contributed by atoms with Crippen molar-refractivity contribution in [2.75, 3.05) is 19.6 Å². The van der Waals surface area contributed by atoms with Crippen LogP contribution in [0.5, 0.6) is 0 Å². The Morgan fingerprint density at radius 3 is 2.68 bits per heavy atom. The first kappa shape index (κ1) is 19.4. The van der Waals surface area contributed by atoms with Crippen LogP contribution in [0.25, 0.3) is 0 Å². The van der Waals surface area contributed by atoms with Crippen molar-refractivity contribution in [3.05, 3.63) is 18.4 Å². The number of nitrogens with zero attached hydrogens (tertiary/aromatic N) is 2. The van der Waals surface area contributed by atoms with Gasteiger partial charge in [-0.3, -0.25) is 9.59 Å². The van der Waals surface area contributed by atoms with Crippen molar-refractivity contribution in [1.29, 1.82) is 0 Å². The monoisotopic (exact) mass is 353 g/mol. The lowest BCUT2D eigenvalue weighted by molar-refractivity contribution is -0.125. The quantitative estimate of drug-likeness (QED) is 0.659. The Labute approximate surface area is 147 Å². The highest BCUT2D eigenvalue weighted by Crippen LogP contribution is 2.22. The van der Waals surface area contributed by atoms with Gasteiger partial charge in [0.15, 0.2) is 12.1 Å².